The first kappa shape index (κ1) is 8.56. The molecule has 1 fully saturated rings. The molecule has 0 bridgehead atoms. The van der Waals surface area contributed by atoms with E-state index in [4.69, 9.17) is 9.47 Å². The van der Waals surface area contributed by atoms with Gasteiger partial charge in [-0.15, -0.1) is 0 Å². The van der Waals surface area contributed by atoms with Gasteiger partial charge in [0.25, 0.3) is 5.91 Å². The van der Waals surface area contributed by atoms with Gasteiger partial charge in [0, 0.05) is 6.42 Å². The van der Waals surface area contributed by atoms with Crippen molar-refractivity contribution in [3.63, 3.8) is 0 Å². The Morgan fingerprint density at radius 2 is 2.23 bits per heavy atom. The first-order chi connectivity index (χ1) is 6.14. The number of hydrogen-bond donors (Lipinski definition) is 1. The number of ether oxygens (including phenoxy) is 2. The van der Waals surface area contributed by atoms with Crippen LogP contribution in [0.3, 0.4) is 0 Å². The second kappa shape index (κ2) is 2.73. The van der Waals surface area contributed by atoms with Crippen molar-refractivity contribution < 1.29 is 14.3 Å². The summed E-state index contributed by atoms with van der Waals surface area (Å²) in [6.45, 7) is 4.65. The molecule has 4 heteroatoms. The molecule has 0 saturated carbocycles. The first-order valence-electron chi connectivity index (χ1n) is 4.40. The average Bonchev–Trinajstić information content (AvgIpc) is 2.51. The molecule has 1 N–H and O–H groups in total. The highest BCUT2D eigenvalue weighted by molar-refractivity contribution is 5.88. The van der Waals surface area contributed by atoms with E-state index >= 15 is 0 Å². The molecule has 2 heterocycles. The highest BCUT2D eigenvalue weighted by Crippen LogP contribution is 2.30. The van der Waals surface area contributed by atoms with Gasteiger partial charge < -0.3 is 14.8 Å². The fourth-order valence-corrected chi connectivity index (χ4v) is 1.59. The van der Waals surface area contributed by atoms with E-state index in [9.17, 15) is 4.79 Å². The maximum absolute atomic E-state index is 11.6. The smallest absolute Gasteiger partial charge is 0.270 e. The number of amides is 1. The van der Waals surface area contributed by atoms with Crippen LogP contribution in [0.5, 0.6) is 0 Å². The quantitative estimate of drug-likeness (QED) is 0.596. The second-order valence-electron chi connectivity index (χ2n) is 3.53. The van der Waals surface area contributed by atoms with Crippen molar-refractivity contribution in [3.05, 3.63) is 11.5 Å². The monoisotopic (exact) mass is 183 g/mol. The lowest BCUT2D eigenvalue weighted by atomic mass is 10.0. The van der Waals surface area contributed by atoms with Crippen molar-refractivity contribution in [2.45, 2.75) is 25.9 Å². The second-order valence-corrected chi connectivity index (χ2v) is 3.53. The van der Waals surface area contributed by atoms with Crippen molar-refractivity contribution in [2.75, 3.05) is 13.2 Å². The Balaban J connectivity index is 2.28. The van der Waals surface area contributed by atoms with Crippen LogP contribution in [0.15, 0.2) is 11.5 Å². The van der Waals surface area contributed by atoms with Crippen LogP contribution >= 0.6 is 0 Å². The summed E-state index contributed by atoms with van der Waals surface area (Å²) in [4.78, 5) is 11.6. The van der Waals surface area contributed by atoms with E-state index in [2.05, 4.69) is 5.32 Å². The third-order valence-corrected chi connectivity index (χ3v) is 2.58. The minimum atomic E-state index is -0.746. The Hall–Kier alpha value is -1.03. The molecule has 13 heavy (non-hydrogen) atoms. The number of allylic oxidation sites excluding steroid dienone is 2. The van der Waals surface area contributed by atoms with Gasteiger partial charge >= 0.3 is 0 Å². The normalized spacial score (nSPS) is 33.5. The molecule has 4 nitrogen and oxygen atoms in total. The zero-order valence-corrected chi connectivity index (χ0v) is 7.85. The lowest BCUT2D eigenvalue weighted by Crippen LogP contribution is -2.52. The van der Waals surface area contributed by atoms with Crippen molar-refractivity contribution in [3.8, 4) is 0 Å². The van der Waals surface area contributed by atoms with Gasteiger partial charge in [0.05, 0.1) is 18.9 Å². The van der Waals surface area contributed by atoms with Gasteiger partial charge in [-0.2, -0.15) is 0 Å². The summed E-state index contributed by atoms with van der Waals surface area (Å²) in [6.07, 6.45) is 0.642. The molecule has 0 aromatic heterocycles. The molecule has 2 aliphatic rings. The number of nitrogens with one attached hydrogen (secondary N) is 1. The lowest BCUT2D eigenvalue weighted by molar-refractivity contribution is -0.144. The van der Waals surface area contributed by atoms with Gasteiger partial charge in [-0.05, 0) is 13.8 Å². The van der Waals surface area contributed by atoms with Crippen molar-refractivity contribution in [2.24, 2.45) is 0 Å². The van der Waals surface area contributed by atoms with Gasteiger partial charge in [-0.1, -0.05) is 0 Å². The largest absolute Gasteiger partial charge is 0.478 e. The summed E-state index contributed by atoms with van der Waals surface area (Å²) in [5, 5.41) is 2.80. The zero-order valence-electron chi connectivity index (χ0n) is 7.85. The first-order valence-corrected chi connectivity index (χ1v) is 4.40. The number of carbonyl (C=O) groups excluding carboxylic acids is 1. The standard InChI is InChI=1S/C9H13NO3/c1-6-7(2)13-9(8(11)10-6)3-4-12-5-9/h3-5H2,1-2H3,(H,10,11)/t9-/m1/s1. The molecule has 1 atom stereocenters. The Labute approximate surface area is 76.9 Å². The minimum Gasteiger partial charge on any atom is -0.478 e. The molecule has 1 spiro atoms. The Morgan fingerprint density at radius 1 is 1.46 bits per heavy atom. The van der Waals surface area contributed by atoms with E-state index in [0.29, 0.717) is 19.6 Å². The number of carbonyl (C=O) groups is 1. The van der Waals surface area contributed by atoms with Crippen LogP contribution in [0, 0.1) is 0 Å². The zero-order chi connectivity index (χ0) is 9.47. The Bertz CT molecular complexity index is 277. The highest BCUT2D eigenvalue weighted by atomic mass is 16.6. The van der Waals surface area contributed by atoms with Crippen LogP contribution in [0.1, 0.15) is 20.3 Å². The molecule has 72 valence electrons. The topological polar surface area (TPSA) is 47.6 Å². The van der Waals surface area contributed by atoms with Crippen molar-refractivity contribution in [1.29, 1.82) is 0 Å². The summed E-state index contributed by atoms with van der Waals surface area (Å²) >= 11 is 0. The molecule has 0 unspecified atom stereocenters. The predicted molar refractivity (Wildman–Crippen MR) is 45.8 cm³/mol. The third kappa shape index (κ3) is 1.21. The summed E-state index contributed by atoms with van der Waals surface area (Å²) in [6, 6.07) is 0. The van der Waals surface area contributed by atoms with E-state index < -0.39 is 5.60 Å². The summed E-state index contributed by atoms with van der Waals surface area (Å²) in [5.74, 6) is 0.707. The summed E-state index contributed by atoms with van der Waals surface area (Å²) in [5.41, 5.74) is 0.0476. The predicted octanol–water partition coefficient (Wildman–Crippen LogP) is 0.543. The molecular formula is C9H13NO3. The van der Waals surface area contributed by atoms with Crippen LogP contribution in [-0.4, -0.2) is 24.7 Å². The fourth-order valence-electron chi connectivity index (χ4n) is 1.59. The number of hydrogen-bond acceptors (Lipinski definition) is 3. The molecule has 0 aromatic rings. The minimum absolute atomic E-state index is 0.0758. The highest BCUT2D eigenvalue weighted by Gasteiger charge is 2.47. The van der Waals surface area contributed by atoms with Gasteiger partial charge in [-0.3, -0.25) is 4.79 Å². The van der Waals surface area contributed by atoms with Crippen LogP contribution in [-0.2, 0) is 14.3 Å². The van der Waals surface area contributed by atoms with E-state index in [-0.39, 0.29) is 5.91 Å². The summed E-state index contributed by atoms with van der Waals surface area (Å²) in [7, 11) is 0. The number of rotatable bonds is 0. The van der Waals surface area contributed by atoms with Crippen LogP contribution in [0.25, 0.3) is 0 Å². The van der Waals surface area contributed by atoms with Gasteiger partial charge in [0.2, 0.25) is 5.60 Å². The molecule has 2 aliphatic heterocycles. The van der Waals surface area contributed by atoms with E-state index in [1.807, 2.05) is 13.8 Å². The Morgan fingerprint density at radius 3 is 2.85 bits per heavy atom. The van der Waals surface area contributed by atoms with Gasteiger partial charge in [-0.25, -0.2) is 0 Å². The summed E-state index contributed by atoms with van der Waals surface area (Å²) < 4.78 is 10.8. The molecule has 0 aromatic carbocycles. The van der Waals surface area contributed by atoms with Crippen LogP contribution in [0.4, 0.5) is 0 Å². The molecule has 1 amide bonds. The van der Waals surface area contributed by atoms with Gasteiger partial charge in [0.15, 0.2) is 0 Å². The molecule has 0 aliphatic carbocycles. The fraction of sp³-hybridized carbons (Fsp3) is 0.667. The molecule has 1 saturated heterocycles. The molecular weight excluding hydrogens is 170 g/mol. The maximum atomic E-state index is 11.6. The molecule has 2 rings (SSSR count). The van der Waals surface area contributed by atoms with Crippen LogP contribution in [0.2, 0.25) is 0 Å². The van der Waals surface area contributed by atoms with Crippen molar-refractivity contribution in [1.82, 2.24) is 5.32 Å². The van der Waals surface area contributed by atoms with E-state index in [1.54, 1.807) is 0 Å². The maximum Gasteiger partial charge on any atom is 0.270 e. The molecule has 0 radical (unpaired) electrons. The van der Waals surface area contributed by atoms with Crippen LogP contribution < -0.4 is 5.32 Å². The lowest BCUT2D eigenvalue weighted by Gasteiger charge is -2.32. The van der Waals surface area contributed by atoms with E-state index in [0.717, 1.165) is 11.5 Å². The SMILES string of the molecule is CC1=C(C)O[C@@]2(CCOC2)C(=O)N1. The average molecular weight is 183 g/mol. The third-order valence-electron chi connectivity index (χ3n) is 2.58. The van der Waals surface area contributed by atoms with Crippen molar-refractivity contribution >= 4 is 5.91 Å². The Kier molecular flexibility index (Phi) is 1.80. The van der Waals surface area contributed by atoms with E-state index in [1.165, 1.54) is 0 Å². The van der Waals surface area contributed by atoms with Gasteiger partial charge in [0.1, 0.15) is 5.76 Å².